The monoisotopic (exact) mass is 328 g/mol. The van der Waals surface area contributed by atoms with E-state index in [4.69, 9.17) is 4.74 Å². The topological polar surface area (TPSA) is 71.2 Å². The van der Waals surface area contributed by atoms with Crippen molar-refractivity contribution in [1.29, 1.82) is 0 Å². The molecule has 1 saturated carbocycles. The number of rotatable bonds is 4. The number of hydrogen-bond acceptors (Lipinski definition) is 3. The standard InChI is InChI=1S/C19H24N2O3/c1-12-6-5-9-15(13(12)2)21-18(22)11-24-19(23)17-10-14-7-3-4-8-16(14)20-17/h3-4,7-8,10,12-13,15,20H,5-6,9,11H2,1-2H3,(H,21,22)/t12-,13+,15+/m0/s1. The Morgan fingerprint density at radius 1 is 1.25 bits per heavy atom. The van der Waals surface area contributed by atoms with E-state index in [2.05, 4.69) is 24.1 Å². The number of benzene rings is 1. The second-order valence-corrected chi connectivity index (χ2v) is 6.79. The molecule has 1 aliphatic carbocycles. The number of para-hydroxylation sites is 1. The maximum absolute atomic E-state index is 12.1. The second-order valence-electron chi connectivity index (χ2n) is 6.79. The van der Waals surface area contributed by atoms with Crippen LogP contribution in [0.15, 0.2) is 30.3 Å². The molecule has 2 aromatic rings. The predicted octanol–water partition coefficient (Wildman–Crippen LogP) is 3.27. The van der Waals surface area contributed by atoms with E-state index in [-0.39, 0.29) is 18.6 Å². The molecule has 1 aliphatic rings. The molecule has 5 nitrogen and oxygen atoms in total. The van der Waals surface area contributed by atoms with Crippen molar-refractivity contribution in [2.24, 2.45) is 11.8 Å². The fraction of sp³-hybridized carbons (Fsp3) is 0.474. The summed E-state index contributed by atoms with van der Waals surface area (Å²) in [5.41, 5.74) is 1.24. The van der Waals surface area contributed by atoms with Gasteiger partial charge in [0.05, 0.1) is 0 Å². The van der Waals surface area contributed by atoms with Gasteiger partial charge in [0.1, 0.15) is 5.69 Å². The van der Waals surface area contributed by atoms with Crippen molar-refractivity contribution in [3.05, 3.63) is 36.0 Å². The third-order valence-electron chi connectivity index (χ3n) is 5.14. The number of carbonyl (C=O) groups excluding carboxylic acids is 2. The first kappa shape index (κ1) is 16.6. The molecule has 1 heterocycles. The maximum atomic E-state index is 12.1. The third kappa shape index (κ3) is 3.61. The van der Waals surface area contributed by atoms with Crippen molar-refractivity contribution in [2.45, 2.75) is 39.2 Å². The van der Waals surface area contributed by atoms with Gasteiger partial charge < -0.3 is 15.0 Å². The molecule has 0 aliphatic heterocycles. The molecule has 3 atom stereocenters. The molecule has 5 heteroatoms. The molecule has 0 radical (unpaired) electrons. The van der Waals surface area contributed by atoms with Gasteiger partial charge in [0.15, 0.2) is 6.61 Å². The SMILES string of the molecule is C[C@@H]1[C@@H](C)CCC[C@H]1NC(=O)COC(=O)c1cc2ccccc2[nH]1. The van der Waals surface area contributed by atoms with Crippen LogP contribution in [0.5, 0.6) is 0 Å². The van der Waals surface area contributed by atoms with Crippen LogP contribution in [0.3, 0.4) is 0 Å². The zero-order valence-electron chi connectivity index (χ0n) is 14.2. The molecule has 0 bridgehead atoms. The van der Waals surface area contributed by atoms with Crippen LogP contribution in [0, 0.1) is 11.8 Å². The van der Waals surface area contributed by atoms with Crippen LogP contribution < -0.4 is 5.32 Å². The van der Waals surface area contributed by atoms with Crippen LogP contribution in [0.2, 0.25) is 0 Å². The van der Waals surface area contributed by atoms with Gasteiger partial charge in [-0.25, -0.2) is 4.79 Å². The minimum absolute atomic E-state index is 0.174. The fourth-order valence-electron chi connectivity index (χ4n) is 3.43. The number of aromatic nitrogens is 1. The lowest BCUT2D eigenvalue weighted by Crippen LogP contribution is -2.45. The summed E-state index contributed by atoms with van der Waals surface area (Å²) in [4.78, 5) is 27.2. The minimum Gasteiger partial charge on any atom is -0.451 e. The molecule has 0 spiro atoms. The summed E-state index contributed by atoms with van der Waals surface area (Å²) in [7, 11) is 0. The van der Waals surface area contributed by atoms with Crippen LogP contribution in [-0.4, -0.2) is 29.5 Å². The first-order valence-corrected chi connectivity index (χ1v) is 8.59. The molecule has 1 aromatic carbocycles. The average molecular weight is 328 g/mol. The Kier molecular flexibility index (Phi) is 4.88. The number of fused-ring (bicyclic) bond motifs is 1. The van der Waals surface area contributed by atoms with Crippen LogP contribution in [-0.2, 0) is 9.53 Å². The van der Waals surface area contributed by atoms with E-state index in [1.165, 1.54) is 6.42 Å². The van der Waals surface area contributed by atoms with E-state index in [0.29, 0.717) is 17.5 Å². The van der Waals surface area contributed by atoms with E-state index < -0.39 is 5.97 Å². The molecule has 0 saturated heterocycles. The van der Waals surface area contributed by atoms with Gasteiger partial charge in [-0.3, -0.25) is 4.79 Å². The van der Waals surface area contributed by atoms with Crippen LogP contribution in [0.4, 0.5) is 0 Å². The lowest BCUT2D eigenvalue weighted by molar-refractivity contribution is -0.125. The smallest absolute Gasteiger partial charge is 0.355 e. The number of nitrogens with one attached hydrogen (secondary N) is 2. The Morgan fingerprint density at radius 3 is 2.83 bits per heavy atom. The van der Waals surface area contributed by atoms with Gasteiger partial charge in [-0.2, -0.15) is 0 Å². The van der Waals surface area contributed by atoms with Gasteiger partial charge in [-0.05, 0) is 30.4 Å². The Bertz CT molecular complexity index is 704. The zero-order valence-corrected chi connectivity index (χ0v) is 14.2. The Hall–Kier alpha value is -2.30. The minimum atomic E-state index is -0.508. The van der Waals surface area contributed by atoms with E-state index in [0.717, 1.165) is 23.7 Å². The number of esters is 1. The van der Waals surface area contributed by atoms with Crippen molar-refractivity contribution < 1.29 is 14.3 Å². The molecule has 1 amide bonds. The largest absolute Gasteiger partial charge is 0.451 e. The quantitative estimate of drug-likeness (QED) is 0.846. The lowest BCUT2D eigenvalue weighted by atomic mass is 9.78. The lowest BCUT2D eigenvalue weighted by Gasteiger charge is -2.34. The average Bonchev–Trinajstić information content (AvgIpc) is 3.01. The Labute approximate surface area is 141 Å². The van der Waals surface area contributed by atoms with Gasteiger partial charge in [-0.15, -0.1) is 0 Å². The summed E-state index contributed by atoms with van der Waals surface area (Å²) < 4.78 is 5.14. The van der Waals surface area contributed by atoms with Crippen molar-refractivity contribution in [3.63, 3.8) is 0 Å². The van der Waals surface area contributed by atoms with Crippen LogP contribution in [0.25, 0.3) is 10.9 Å². The highest BCUT2D eigenvalue weighted by Crippen LogP contribution is 2.29. The number of aromatic amines is 1. The predicted molar refractivity (Wildman–Crippen MR) is 92.7 cm³/mol. The summed E-state index contributed by atoms with van der Waals surface area (Å²) in [5, 5.41) is 3.95. The van der Waals surface area contributed by atoms with Gasteiger partial charge in [0.25, 0.3) is 5.91 Å². The first-order valence-electron chi connectivity index (χ1n) is 8.59. The van der Waals surface area contributed by atoms with Crippen molar-refractivity contribution in [1.82, 2.24) is 10.3 Å². The van der Waals surface area contributed by atoms with Crippen molar-refractivity contribution in [2.75, 3.05) is 6.61 Å². The van der Waals surface area contributed by atoms with Gasteiger partial charge in [-0.1, -0.05) is 44.9 Å². The van der Waals surface area contributed by atoms with Crippen molar-refractivity contribution >= 4 is 22.8 Å². The van der Waals surface area contributed by atoms with Crippen LogP contribution >= 0.6 is 0 Å². The summed E-state index contributed by atoms with van der Waals surface area (Å²) in [6.45, 7) is 4.15. The Balaban J connectivity index is 1.53. The van der Waals surface area contributed by atoms with E-state index >= 15 is 0 Å². The summed E-state index contributed by atoms with van der Waals surface area (Å²) in [6, 6.07) is 9.53. The molecule has 1 aromatic heterocycles. The van der Waals surface area contributed by atoms with E-state index in [1.54, 1.807) is 6.07 Å². The fourth-order valence-corrected chi connectivity index (χ4v) is 3.43. The van der Waals surface area contributed by atoms with Crippen molar-refractivity contribution in [3.8, 4) is 0 Å². The van der Waals surface area contributed by atoms with E-state index in [1.807, 2.05) is 24.3 Å². The normalized spacial score (nSPS) is 23.8. The van der Waals surface area contributed by atoms with E-state index in [9.17, 15) is 9.59 Å². The second kappa shape index (κ2) is 7.07. The highest BCUT2D eigenvalue weighted by Gasteiger charge is 2.28. The number of ether oxygens (including phenoxy) is 1. The van der Waals surface area contributed by atoms with Gasteiger partial charge in [0, 0.05) is 16.9 Å². The molecule has 128 valence electrons. The summed E-state index contributed by atoms with van der Waals surface area (Å²) in [5.74, 6) is 0.321. The summed E-state index contributed by atoms with van der Waals surface area (Å²) in [6.07, 6.45) is 3.33. The molecular formula is C19H24N2O3. The number of carbonyl (C=O) groups is 2. The van der Waals surface area contributed by atoms with Crippen LogP contribution in [0.1, 0.15) is 43.6 Å². The molecule has 24 heavy (non-hydrogen) atoms. The molecule has 3 rings (SSSR count). The molecular weight excluding hydrogens is 304 g/mol. The maximum Gasteiger partial charge on any atom is 0.355 e. The summed E-state index contributed by atoms with van der Waals surface area (Å²) >= 11 is 0. The number of hydrogen-bond donors (Lipinski definition) is 2. The Morgan fingerprint density at radius 2 is 2.04 bits per heavy atom. The van der Waals surface area contributed by atoms with Gasteiger partial charge in [0.2, 0.25) is 0 Å². The highest BCUT2D eigenvalue weighted by atomic mass is 16.5. The van der Waals surface area contributed by atoms with Gasteiger partial charge >= 0.3 is 5.97 Å². The third-order valence-corrected chi connectivity index (χ3v) is 5.14. The zero-order chi connectivity index (χ0) is 17.1. The first-order chi connectivity index (χ1) is 11.5. The number of amides is 1. The number of H-pyrrole nitrogens is 1. The molecule has 1 fully saturated rings. The highest BCUT2D eigenvalue weighted by molar-refractivity contribution is 5.95. The molecule has 2 N–H and O–H groups in total. The molecule has 0 unspecified atom stereocenters.